The summed E-state index contributed by atoms with van der Waals surface area (Å²) in [7, 11) is 0. The van der Waals surface area contributed by atoms with Crippen LogP contribution in [0.25, 0.3) is 0 Å². The lowest BCUT2D eigenvalue weighted by Gasteiger charge is -2.28. The van der Waals surface area contributed by atoms with E-state index in [1.165, 1.54) is 10.7 Å². The summed E-state index contributed by atoms with van der Waals surface area (Å²) in [6, 6.07) is 22.1. The minimum Gasteiger partial charge on any atom is -0.268 e. The second-order valence-electron chi connectivity index (χ2n) is 7.25. The summed E-state index contributed by atoms with van der Waals surface area (Å²) in [6.45, 7) is 0. The molecule has 29 heavy (non-hydrogen) atoms. The maximum Gasteiger partial charge on any atom is 0.267 e. The van der Waals surface area contributed by atoms with E-state index < -0.39 is 5.92 Å². The first-order valence-corrected chi connectivity index (χ1v) is 9.69. The summed E-state index contributed by atoms with van der Waals surface area (Å²) >= 11 is 0. The predicted molar refractivity (Wildman–Crippen MR) is 109 cm³/mol. The first-order chi connectivity index (χ1) is 14.0. The van der Waals surface area contributed by atoms with Crippen LogP contribution >= 0.6 is 0 Å². The number of halogens is 2. The summed E-state index contributed by atoms with van der Waals surface area (Å²) in [5.74, 6) is -2.27. The number of nitrogens with zero attached hydrogens (tertiary/aromatic N) is 3. The van der Waals surface area contributed by atoms with Crippen LogP contribution in [0.5, 0.6) is 0 Å². The third kappa shape index (κ3) is 4.47. The summed E-state index contributed by atoms with van der Waals surface area (Å²) in [5.41, 5.74) is 2.30. The standard InChI is InChI=1S/C23H21F2N3O/c24-23(25)15-13-19(14-16-23)28-21(29)12-11-20(27-28)26-22(17-7-3-1-4-8-17)18-9-5-2-6-10-18/h1-12,19H,13-16H2. The zero-order valence-electron chi connectivity index (χ0n) is 15.8. The Morgan fingerprint density at radius 3 is 2.00 bits per heavy atom. The molecule has 4 rings (SSSR count). The monoisotopic (exact) mass is 393 g/mol. The number of aromatic nitrogens is 2. The third-order valence-electron chi connectivity index (χ3n) is 5.16. The van der Waals surface area contributed by atoms with Crippen molar-refractivity contribution >= 4 is 11.5 Å². The lowest BCUT2D eigenvalue weighted by molar-refractivity contribution is -0.0453. The van der Waals surface area contributed by atoms with Crippen LogP contribution in [0.15, 0.2) is 82.6 Å². The molecule has 1 aliphatic carbocycles. The maximum absolute atomic E-state index is 13.5. The van der Waals surface area contributed by atoms with Gasteiger partial charge < -0.3 is 0 Å². The molecule has 1 aromatic heterocycles. The number of aliphatic imine (C=N–C) groups is 1. The Hall–Kier alpha value is -3.15. The van der Waals surface area contributed by atoms with E-state index in [9.17, 15) is 13.6 Å². The van der Waals surface area contributed by atoms with Gasteiger partial charge in [0.05, 0.1) is 11.8 Å². The lowest BCUT2D eigenvalue weighted by Crippen LogP contribution is -2.32. The van der Waals surface area contributed by atoms with Crippen molar-refractivity contribution in [2.75, 3.05) is 0 Å². The van der Waals surface area contributed by atoms with Crippen molar-refractivity contribution in [3.63, 3.8) is 0 Å². The number of hydrogen-bond donors (Lipinski definition) is 0. The summed E-state index contributed by atoms with van der Waals surface area (Å²) in [4.78, 5) is 17.0. The van der Waals surface area contributed by atoms with Crippen LogP contribution in [-0.2, 0) is 0 Å². The molecular weight excluding hydrogens is 372 g/mol. The molecule has 4 nitrogen and oxygen atoms in total. The van der Waals surface area contributed by atoms with Crippen LogP contribution < -0.4 is 5.56 Å². The van der Waals surface area contributed by atoms with Crippen LogP contribution in [0.2, 0.25) is 0 Å². The quantitative estimate of drug-likeness (QED) is 0.575. The highest BCUT2D eigenvalue weighted by atomic mass is 19.3. The Bertz CT molecular complexity index is 1010. The molecule has 0 aliphatic heterocycles. The van der Waals surface area contributed by atoms with Gasteiger partial charge in [-0.05, 0) is 18.9 Å². The minimum atomic E-state index is -2.65. The molecule has 3 aromatic rings. The highest BCUT2D eigenvalue weighted by molar-refractivity contribution is 6.13. The summed E-state index contributed by atoms with van der Waals surface area (Å²) < 4.78 is 28.3. The molecule has 1 saturated carbocycles. The molecule has 0 N–H and O–H groups in total. The van der Waals surface area contributed by atoms with Crippen molar-refractivity contribution in [1.82, 2.24) is 9.78 Å². The smallest absolute Gasteiger partial charge is 0.267 e. The fraction of sp³-hybridized carbons (Fsp3) is 0.261. The first-order valence-electron chi connectivity index (χ1n) is 9.69. The van der Waals surface area contributed by atoms with E-state index in [2.05, 4.69) is 5.10 Å². The molecule has 2 aromatic carbocycles. The van der Waals surface area contributed by atoms with Gasteiger partial charge in [-0.3, -0.25) is 4.79 Å². The van der Waals surface area contributed by atoms with Crippen LogP contribution in [0.4, 0.5) is 14.6 Å². The molecule has 0 atom stereocenters. The van der Waals surface area contributed by atoms with Gasteiger partial charge in [0.1, 0.15) is 0 Å². The second kappa shape index (κ2) is 8.07. The van der Waals surface area contributed by atoms with Gasteiger partial charge in [-0.2, -0.15) is 0 Å². The Balaban J connectivity index is 1.73. The van der Waals surface area contributed by atoms with Crippen molar-refractivity contribution in [2.45, 2.75) is 37.6 Å². The zero-order chi connectivity index (χ0) is 20.3. The molecule has 1 fully saturated rings. The largest absolute Gasteiger partial charge is 0.268 e. The normalized spacial score (nSPS) is 16.3. The van der Waals surface area contributed by atoms with Gasteiger partial charge in [-0.15, -0.1) is 5.10 Å². The Labute approximate surface area is 167 Å². The van der Waals surface area contributed by atoms with E-state index in [0.29, 0.717) is 5.82 Å². The molecule has 0 amide bonds. The fourth-order valence-corrected chi connectivity index (χ4v) is 3.61. The topological polar surface area (TPSA) is 47.2 Å². The number of rotatable bonds is 4. The van der Waals surface area contributed by atoms with Gasteiger partial charge >= 0.3 is 0 Å². The number of alkyl halides is 2. The molecule has 6 heteroatoms. The average Bonchev–Trinajstić information content (AvgIpc) is 2.74. The van der Waals surface area contributed by atoms with Gasteiger partial charge in [-0.25, -0.2) is 18.5 Å². The highest BCUT2D eigenvalue weighted by Gasteiger charge is 2.36. The molecule has 0 saturated heterocycles. The molecule has 0 bridgehead atoms. The average molecular weight is 393 g/mol. The van der Waals surface area contributed by atoms with Gasteiger partial charge in [0.15, 0.2) is 5.82 Å². The van der Waals surface area contributed by atoms with E-state index in [4.69, 9.17) is 4.99 Å². The number of hydrogen-bond acceptors (Lipinski definition) is 3. The Kier molecular flexibility index (Phi) is 5.34. The van der Waals surface area contributed by atoms with E-state index in [0.717, 1.165) is 16.8 Å². The second-order valence-corrected chi connectivity index (χ2v) is 7.25. The predicted octanol–water partition coefficient (Wildman–Crippen LogP) is 5.16. The van der Waals surface area contributed by atoms with Gasteiger partial charge in [-0.1, -0.05) is 60.7 Å². The maximum atomic E-state index is 13.5. The molecular formula is C23H21F2N3O. The molecule has 0 unspecified atom stereocenters. The van der Waals surface area contributed by atoms with Crippen molar-refractivity contribution in [1.29, 1.82) is 0 Å². The van der Waals surface area contributed by atoms with Gasteiger partial charge in [0.2, 0.25) is 5.92 Å². The van der Waals surface area contributed by atoms with Gasteiger partial charge in [0.25, 0.3) is 5.56 Å². The van der Waals surface area contributed by atoms with Crippen molar-refractivity contribution < 1.29 is 8.78 Å². The van der Waals surface area contributed by atoms with Gasteiger partial charge in [0, 0.05) is 30.0 Å². The summed E-state index contributed by atoms with van der Waals surface area (Å²) in [5, 5.41) is 4.41. The lowest BCUT2D eigenvalue weighted by atomic mass is 9.92. The van der Waals surface area contributed by atoms with E-state index in [-0.39, 0.29) is 37.3 Å². The third-order valence-corrected chi connectivity index (χ3v) is 5.16. The Morgan fingerprint density at radius 1 is 0.897 bits per heavy atom. The molecule has 0 spiro atoms. The number of benzene rings is 2. The van der Waals surface area contributed by atoms with Crippen LogP contribution in [0, 0.1) is 0 Å². The minimum absolute atomic E-state index is 0.224. The first kappa shape index (κ1) is 19.2. The summed E-state index contributed by atoms with van der Waals surface area (Å²) in [6.07, 6.45) is 0.0196. The zero-order valence-corrected chi connectivity index (χ0v) is 15.8. The van der Waals surface area contributed by atoms with Crippen LogP contribution in [0.3, 0.4) is 0 Å². The fourth-order valence-electron chi connectivity index (χ4n) is 3.61. The van der Waals surface area contributed by atoms with Crippen LogP contribution in [-0.4, -0.2) is 21.4 Å². The van der Waals surface area contributed by atoms with Crippen molar-refractivity contribution in [3.8, 4) is 0 Å². The van der Waals surface area contributed by atoms with Crippen molar-refractivity contribution in [3.05, 3.63) is 94.3 Å². The molecule has 1 heterocycles. The van der Waals surface area contributed by atoms with E-state index in [1.807, 2.05) is 60.7 Å². The van der Waals surface area contributed by atoms with Crippen molar-refractivity contribution in [2.24, 2.45) is 4.99 Å². The van der Waals surface area contributed by atoms with Crippen LogP contribution in [0.1, 0.15) is 42.9 Å². The molecule has 148 valence electrons. The highest BCUT2D eigenvalue weighted by Crippen LogP contribution is 2.37. The van der Waals surface area contributed by atoms with E-state index in [1.54, 1.807) is 6.07 Å². The molecule has 1 aliphatic rings. The Morgan fingerprint density at radius 2 is 1.45 bits per heavy atom. The molecule has 0 radical (unpaired) electrons. The SMILES string of the molecule is O=c1ccc(N=C(c2ccccc2)c2ccccc2)nn1C1CCC(F)(F)CC1. The van der Waals surface area contributed by atoms with E-state index >= 15 is 0 Å².